The molecule has 0 radical (unpaired) electrons. The Morgan fingerprint density at radius 2 is 1.27 bits per heavy atom. The maximum absolute atomic E-state index is 15.2. The average molecular weight is 736 g/mol. The predicted molar refractivity (Wildman–Crippen MR) is 186 cm³/mol. The number of hydrogen-bond acceptors (Lipinski definition) is 3. The van der Waals surface area contributed by atoms with Crippen molar-refractivity contribution in [2.45, 2.75) is 48.5 Å². The van der Waals surface area contributed by atoms with Crippen LogP contribution in [0.4, 0.5) is 8.63 Å². The van der Waals surface area contributed by atoms with Crippen LogP contribution in [0, 0.1) is 34.6 Å². The maximum atomic E-state index is 15.2. The summed E-state index contributed by atoms with van der Waals surface area (Å²) in [5, 5.41) is 0. The number of ether oxygens (including phenoxy) is 2. The molecule has 0 unspecified atom stereocenters. The van der Waals surface area contributed by atoms with Crippen LogP contribution in [0.15, 0.2) is 81.4 Å². The van der Waals surface area contributed by atoms with Gasteiger partial charge in [0.1, 0.15) is 0 Å². The zero-order valence-corrected chi connectivity index (χ0v) is 30.6. The number of halogens is 2. The van der Waals surface area contributed by atoms with Crippen LogP contribution in [0.1, 0.15) is 53.1 Å². The summed E-state index contributed by atoms with van der Waals surface area (Å²) in [6.07, 6.45) is 0. The van der Waals surface area contributed by atoms with Crippen molar-refractivity contribution in [1.82, 2.24) is 4.48 Å². The van der Waals surface area contributed by atoms with Gasteiger partial charge in [-0.15, -0.1) is 0 Å². The van der Waals surface area contributed by atoms with E-state index < -0.39 is 7.40 Å². The van der Waals surface area contributed by atoms with E-state index in [1.165, 1.54) is 13.4 Å². The molecule has 2 heterocycles. The molecule has 232 valence electrons. The Labute approximate surface area is 278 Å². The number of aliphatic imine (C=N–C) groups is 1. The first-order valence-corrected chi connectivity index (χ1v) is 18.1. The van der Waals surface area contributed by atoms with Gasteiger partial charge < -0.3 is 0 Å². The fourth-order valence-corrected chi connectivity index (χ4v) is 10.2. The van der Waals surface area contributed by atoms with Gasteiger partial charge in [-0.05, 0) is 0 Å². The van der Waals surface area contributed by atoms with E-state index in [1.54, 1.807) is 14.2 Å². The number of allylic oxidation sites excluding steroid dienone is 2. The molecule has 0 fully saturated rings. The van der Waals surface area contributed by atoms with Gasteiger partial charge in [0, 0.05) is 0 Å². The Morgan fingerprint density at radius 3 is 1.76 bits per heavy atom. The Hall–Kier alpha value is -3.35. The van der Waals surface area contributed by atoms with Crippen molar-refractivity contribution < 1.29 is 18.1 Å². The molecule has 0 bridgehead atoms. The fourth-order valence-electron chi connectivity index (χ4n) is 6.06. The second-order valence-electron chi connectivity index (χ2n) is 11.2. The molecule has 5 rings (SSSR count). The summed E-state index contributed by atoms with van der Waals surface area (Å²) in [7, 11) is 0.594. The van der Waals surface area contributed by atoms with Crippen LogP contribution >= 0.6 is 0 Å². The van der Waals surface area contributed by atoms with Gasteiger partial charge in [0.15, 0.2) is 0 Å². The number of rotatable bonds is 9. The molecular weight excluding hydrogens is 699 g/mol. The standard InChI is InChI=1S/C36H37BF2N2O2Se2/c1-20-18-21(2)31(22(3)19-20)32(33-23(4)35(25(6)40-33)44-29-14-10-27(42-8)11-15-29)34-24(5)36(26(7)41(34)37(38)39)45-30-16-12-28(43-9)13-17-30/h10-19H,1-9H3/b33-32+. The van der Waals surface area contributed by atoms with E-state index in [0.29, 0.717) is 11.4 Å². The van der Waals surface area contributed by atoms with Gasteiger partial charge in [-0.25, -0.2) is 0 Å². The molecule has 1 aromatic heterocycles. The molecule has 3 aromatic carbocycles. The van der Waals surface area contributed by atoms with Gasteiger partial charge in [-0.3, -0.25) is 0 Å². The number of nitrogens with zero attached hydrogens (tertiary/aromatic N) is 2. The first-order valence-electron chi connectivity index (χ1n) is 14.7. The van der Waals surface area contributed by atoms with Crippen LogP contribution in [-0.4, -0.2) is 61.7 Å². The van der Waals surface area contributed by atoms with Gasteiger partial charge in [0.25, 0.3) is 0 Å². The van der Waals surface area contributed by atoms with Crippen LogP contribution in [0.3, 0.4) is 0 Å². The molecule has 45 heavy (non-hydrogen) atoms. The SMILES string of the molecule is COc1ccc([Se]C2=C(C)/C(=C(/c3c(C)cc(C)cc3C)c3c(C)c([Se]c4ccc(OC)cc4)c(C)n3B(F)F)N=C2C)cc1. The van der Waals surface area contributed by atoms with Gasteiger partial charge in [-0.2, -0.15) is 0 Å². The van der Waals surface area contributed by atoms with Crippen molar-refractivity contribution in [2.24, 2.45) is 4.99 Å². The van der Waals surface area contributed by atoms with Crippen LogP contribution in [0.25, 0.3) is 5.57 Å². The van der Waals surface area contributed by atoms with Gasteiger partial charge >= 0.3 is 279 Å². The van der Waals surface area contributed by atoms with E-state index in [-0.39, 0.29) is 29.9 Å². The van der Waals surface area contributed by atoms with E-state index in [0.717, 1.165) is 70.8 Å². The molecule has 0 aliphatic carbocycles. The Bertz CT molecular complexity index is 1830. The third-order valence-electron chi connectivity index (χ3n) is 8.09. The second-order valence-corrected chi connectivity index (χ2v) is 15.8. The van der Waals surface area contributed by atoms with Crippen molar-refractivity contribution in [2.75, 3.05) is 14.2 Å². The average Bonchev–Trinajstić information content (AvgIpc) is 3.42. The first-order chi connectivity index (χ1) is 21.4. The van der Waals surface area contributed by atoms with Crippen molar-refractivity contribution in [3.63, 3.8) is 0 Å². The summed E-state index contributed by atoms with van der Waals surface area (Å²) in [6, 6.07) is 20.3. The summed E-state index contributed by atoms with van der Waals surface area (Å²) in [5.41, 5.74) is 9.75. The van der Waals surface area contributed by atoms with Gasteiger partial charge in [0.2, 0.25) is 0 Å². The molecule has 1 aliphatic rings. The molecule has 0 atom stereocenters. The number of aromatic nitrogens is 1. The number of hydrogen-bond donors (Lipinski definition) is 0. The van der Waals surface area contributed by atoms with Crippen molar-refractivity contribution in [3.8, 4) is 11.5 Å². The third-order valence-corrected chi connectivity index (χ3v) is 13.6. The zero-order valence-electron chi connectivity index (χ0n) is 27.1. The summed E-state index contributed by atoms with van der Waals surface area (Å²) in [6.45, 7) is 14.2. The molecule has 0 amide bonds. The third kappa shape index (κ3) is 6.50. The van der Waals surface area contributed by atoms with Crippen LogP contribution in [0.5, 0.6) is 11.5 Å². The molecule has 4 nitrogen and oxygen atoms in total. The zero-order chi connectivity index (χ0) is 32.6. The summed E-state index contributed by atoms with van der Waals surface area (Å²) < 4.78 is 46.8. The van der Waals surface area contributed by atoms with Crippen LogP contribution in [-0.2, 0) is 0 Å². The minimum absolute atomic E-state index is 0.0214. The van der Waals surface area contributed by atoms with E-state index in [9.17, 15) is 0 Å². The summed E-state index contributed by atoms with van der Waals surface area (Å²) >= 11 is -0.211. The van der Waals surface area contributed by atoms with Gasteiger partial charge in [0.05, 0.1) is 0 Å². The second kappa shape index (κ2) is 13.6. The molecule has 0 N–H and O–H groups in total. The molecule has 0 saturated heterocycles. The molecule has 9 heteroatoms. The Kier molecular flexibility index (Phi) is 9.95. The molecule has 0 saturated carbocycles. The minimum atomic E-state index is -2.71. The fraction of sp³-hybridized carbons (Fsp3) is 0.250. The van der Waals surface area contributed by atoms with Crippen molar-refractivity contribution >= 4 is 62.0 Å². The molecule has 0 spiro atoms. The monoisotopic (exact) mass is 738 g/mol. The Balaban J connectivity index is 1.77. The van der Waals surface area contributed by atoms with E-state index >= 15 is 8.63 Å². The van der Waals surface area contributed by atoms with Gasteiger partial charge in [-0.1, -0.05) is 0 Å². The topological polar surface area (TPSA) is 35.8 Å². The summed E-state index contributed by atoms with van der Waals surface area (Å²) in [5.74, 6) is 1.59. The number of benzene rings is 3. The van der Waals surface area contributed by atoms with Crippen LogP contribution < -0.4 is 22.9 Å². The molecule has 4 aromatic rings. The predicted octanol–water partition coefficient (Wildman–Crippen LogP) is 6.01. The first kappa shape index (κ1) is 33.0. The van der Waals surface area contributed by atoms with Crippen molar-refractivity contribution in [3.05, 3.63) is 116 Å². The van der Waals surface area contributed by atoms with Crippen LogP contribution in [0.2, 0.25) is 0 Å². The van der Waals surface area contributed by atoms with Crippen molar-refractivity contribution in [1.29, 1.82) is 0 Å². The molecular formula is C36H37BF2N2O2Se2. The Morgan fingerprint density at radius 1 is 0.756 bits per heavy atom. The number of methoxy groups -OCH3 is 2. The molecule has 1 aliphatic heterocycles. The normalized spacial score (nSPS) is 14.2. The quantitative estimate of drug-likeness (QED) is 0.198. The van der Waals surface area contributed by atoms with E-state index in [4.69, 9.17) is 14.5 Å². The van der Waals surface area contributed by atoms with E-state index in [1.807, 2.05) is 57.2 Å². The summed E-state index contributed by atoms with van der Waals surface area (Å²) in [4.78, 5) is 5.17. The number of aryl methyl sites for hydroxylation is 3. The van der Waals surface area contributed by atoms with E-state index in [2.05, 4.69) is 52.0 Å².